The monoisotopic (exact) mass is 173 g/mol. The summed E-state index contributed by atoms with van der Waals surface area (Å²) in [6.07, 6.45) is 3.88. The maximum Gasteiger partial charge on any atom is 0.0204 e. The summed E-state index contributed by atoms with van der Waals surface area (Å²) >= 11 is 2.05. The van der Waals surface area contributed by atoms with Gasteiger partial charge in [-0.1, -0.05) is 27.2 Å². The summed E-state index contributed by atoms with van der Waals surface area (Å²) in [6, 6.07) is 0.458. The second-order valence-electron chi connectivity index (χ2n) is 4.36. The molecule has 2 heteroatoms. The van der Waals surface area contributed by atoms with Gasteiger partial charge in [0.05, 0.1) is 0 Å². The van der Waals surface area contributed by atoms with Crippen LogP contribution in [0.2, 0.25) is 0 Å². The topological polar surface area (TPSA) is 26.0 Å². The maximum atomic E-state index is 5.97. The average molecular weight is 173 g/mol. The molecule has 0 aromatic rings. The first-order chi connectivity index (χ1) is 4.99. The Labute approximate surface area is 74.1 Å². The summed E-state index contributed by atoms with van der Waals surface area (Å²) < 4.78 is 0.382. The molecule has 1 aliphatic carbocycles. The van der Waals surface area contributed by atoms with Crippen molar-refractivity contribution in [3.8, 4) is 0 Å². The SMILES string of the molecule is CC(C)(C)SC1CCCC1N. The first kappa shape index (κ1) is 9.40. The molecular weight excluding hydrogens is 154 g/mol. The zero-order chi connectivity index (χ0) is 8.48. The molecule has 1 fully saturated rings. The number of hydrogen-bond donors (Lipinski definition) is 1. The third-order valence-corrected chi connectivity index (χ3v) is 3.60. The van der Waals surface area contributed by atoms with Gasteiger partial charge < -0.3 is 5.73 Å². The molecule has 0 aromatic carbocycles. The van der Waals surface area contributed by atoms with E-state index in [4.69, 9.17) is 5.73 Å². The average Bonchev–Trinajstić information content (AvgIpc) is 2.12. The van der Waals surface area contributed by atoms with Crippen molar-refractivity contribution in [3.63, 3.8) is 0 Å². The van der Waals surface area contributed by atoms with Gasteiger partial charge in [0.1, 0.15) is 0 Å². The number of thioether (sulfide) groups is 1. The van der Waals surface area contributed by atoms with E-state index in [9.17, 15) is 0 Å². The van der Waals surface area contributed by atoms with Gasteiger partial charge in [0.25, 0.3) is 0 Å². The van der Waals surface area contributed by atoms with Crippen molar-refractivity contribution < 1.29 is 0 Å². The molecule has 0 aliphatic heterocycles. The van der Waals surface area contributed by atoms with Gasteiger partial charge in [0.15, 0.2) is 0 Å². The van der Waals surface area contributed by atoms with Crippen LogP contribution in [0.5, 0.6) is 0 Å². The van der Waals surface area contributed by atoms with E-state index < -0.39 is 0 Å². The van der Waals surface area contributed by atoms with Gasteiger partial charge in [-0.3, -0.25) is 0 Å². The van der Waals surface area contributed by atoms with Gasteiger partial charge >= 0.3 is 0 Å². The van der Waals surface area contributed by atoms with Crippen molar-refractivity contribution in [2.45, 2.75) is 56.1 Å². The van der Waals surface area contributed by atoms with E-state index in [1.165, 1.54) is 19.3 Å². The molecule has 0 spiro atoms. The molecular formula is C9H19NS. The third-order valence-electron chi connectivity index (χ3n) is 2.01. The summed E-state index contributed by atoms with van der Waals surface area (Å²) in [6.45, 7) is 6.80. The maximum absolute atomic E-state index is 5.97. The second-order valence-corrected chi connectivity index (χ2v) is 6.43. The lowest BCUT2D eigenvalue weighted by atomic mass is 10.2. The van der Waals surface area contributed by atoms with Crippen molar-refractivity contribution in [2.24, 2.45) is 5.73 Å². The normalized spacial score (nSPS) is 32.7. The van der Waals surface area contributed by atoms with Gasteiger partial charge in [0, 0.05) is 16.0 Å². The molecule has 1 aliphatic rings. The molecule has 66 valence electrons. The summed E-state index contributed by atoms with van der Waals surface area (Å²) in [5.41, 5.74) is 5.97. The Kier molecular flexibility index (Phi) is 2.87. The molecule has 0 amide bonds. The lowest BCUT2D eigenvalue weighted by Gasteiger charge is -2.25. The molecule has 2 unspecified atom stereocenters. The van der Waals surface area contributed by atoms with Crippen LogP contribution in [-0.2, 0) is 0 Å². The van der Waals surface area contributed by atoms with E-state index >= 15 is 0 Å². The Bertz CT molecular complexity index is 128. The predicted octanol–water partition coefficient (Wildman–Crippen LogP) is 2.40. The number of hydrogen-bond acceptors (Lipinski definition) is 2. The highest BCUT2D eigenvalue weighted by atomic mass is 32.2. The highest BCUT2D eigenvalue weighted by Crippen LogP contribution is 2.36. The molecule has 0 saturated heterocycles. The molecule has 1 saturated carbocycles. The molecule has 11 heavy (non-hydrogen) atoms. The summed E-state index contributed by atoms with van der Waals surface area (Å²) in [5, 5.41) is 0.718. The zero-order valence-electron chi connectivity index (χ0n) is 7.76. The van der Waals surface area contributed by atoms with Crippen LogP contribution < -0.4 is 5.73 Å². The van der Waals surface area contributed by atoms with E-state index in [-0.39, 0.29) is 0 Å². The minimum absolute atomic E-state index is 0.382. The zero-order valence-corrected chi connectivity index (χ0v) is 8.58. The lowest BCUT2D eigenvalue weighted by molar-refractivity contribution is 0.702. The van der Waals surface area contributed by atoms with Gasteiger partial charge in [-0.15, -0.1) is 0 Å². The fourth-order valence-corrected chi connectivity index (χ4v) is 3.06. The van der Waals surface area contributed by atoms with Gasteiger partial charge in [0.2, 0.25) is 0 Å². The first-order valence-corrected chi connectivity index (χ1v) is 5.30. The fourth-order valence-electron chi connectivity index (χ4n) is 1.56. The fraction of sp³-hybridized carbons (Fsp3) is 1.00. The van der Waals surface area contributed by atoms with Gasteiger partial charge in [-0.05, 0) is 12.8 Å². The van der Waals surface area contributed by atoms with E-state index in [2.05, 4.69) is 20.8 Å². The van der Waals surface area contributed by atoms with Crippen LogP contribution in [0.1, 0.15) is 40.0 Å². The Hall–Kier alpha value is 0.310. The van der Waals surface area contributed by atoms with Crippen LogP contribution in [-0.4, -0.2) is 16.0 Å². The molecule has 2 atom stereocenters. The Morgan fingerprint density at radius 2 is 1.91 bits per heavy atom. The van der Waals surface area contributed by atoms with Crippen LogP contribution in [0.15, 0.2) is 0 Å². The van der Waals surface area contributed by atoms with E-state index in [1.807, 2.05) is 11.8 Å². The molecule has 1 nitrogen and oxygen atoms in total. The molecule has 0 radical (unpaired) electrons. The molecule has 0 heterocycles. The predicted molar refractivity (Wildman–Crippen MR) is 53.0 cm³/mol. The van der Waals surface area contributed by atoms with Crippen LogP contribution in [0.4, 0.5) is 0 Å². The van der Waals surface area contributed by atoms with Gasteiger partial charge in [-0.25, -0.2) is 0 Å². The smallest absolute Gasteiger partial charge is 0.0204 e. The van der Waals surface area contributed by atoms with Crippen LogP contribution in [0.3, 0.4) is 0 Å². The van der Waals surface area contributed by atoms with Crippen molar-refractivity contribution in [3.05, 3.63) is 0 Å². The Balaban J connectivity index is 2.37. The van der Waals surface area contributed by atoms with Crippen molar-refractivity contribution in [1.82, 2.24) is 0 Å². The van der Waals surface area contributed by atoms with Gasteiger partial charge in [-0.2, -0.15) is 11.8 Å². The van der Waals surface area contributed by atoms with E-state index in [0.29, 0.717) is 10.8 Å². The highest BCUT2D eigenvalue weighted by molar-refractivity contribution is 8.01. The Morgan fingerprint density at radius 3 is 2.27 bits per heavy atom. The quantitative estimate of drug-likeness (QED) is 0.659. The number of rotatable bonds is 1. The van der Waals surface area contributed by atoms with Crippen LogP contribution in [0.25, 0.3) is 0 Å². The van der Waals surface area contributed by atoms with Crippen molar-refractivity contribution in [1.29, 1.82) is 0 Å². The minimum Gasteiger partial charge on any atom is -0.327 e. The Morgan fingerprint density at radius 1 is 1.27 bits per heavy atom. The highest BCUT2D eigenvalue weighted by Gasteiger charge is 2.28. The molecule has 0 aromatic heterocycles. The molecule has 0 bridgehead atoms. The summed E-state index contributed by atoms with van der Waals surface area (Å²) in [4.78, 5) is 0. The first-order valence-electron chi connectivity index (χ1n) is 4.42. The van der Waals surface area contributed by atoms with Crippen molar-refractivity contribution >= 4 is 11.8 Å². The standard InChI is InChI=1S/C9H19NS/c1-9(2,3)11-8-6-4-5-7(8)10/h7-8H,4-6,10H2,1-3H3. The second kappa shape index (κ2) is 3.36. The molecule has 1 rings (SSSR count). The van der Waals surface area contributed by atoms with Crippen LogP contribution in [0, 0.1) is 0 Å². The number of nitrogens with two attached hydrogens (primary N) is 1. The largest absolute Gasteiger partial charge is 0.327 e. The van der Waals surface area contributed by atoms with Crippen molar-refractivity contribution in [2.75, 3.05) is 0 Å². The lowest BCUT2D eigenvalue weighted by Crippen LogP contribution is -2.29. The van der Waals surface area contributed by atoms with E-state index in [1.54, 1.807) is 0 Å². The third kappa shape index (κ3) is 3.04. The van der Waals surface area contributed by atoms with Crippen LogP contribution >= 0.6 is 11.8 Å². The molecule has 2 N–H and O–H groups in total. The summed E-state index contributed by atoms with van der Waals surface area (Å²) in [5.74, 6) is 0. The van der Waals surface area contributed by atoms with E-state index in [0.717, 1.165) is 5.25 Å². The summed E-state index contributed by atoms with van der Waals surface area (Å²) in [7, 11) is 0. The minimum atomic E-state index is 0.382.